The summed E-state index contributed by atoms with van der Waals surface area (Å²) in [5.74, 6) is 0.159. The third-order valence-corrected chi connectivity index (χ3v) is 2.52. The summed E-state index contributed by atoms with van der Waals surface area (Å²) in [5.41, 5.74) is 2.63. The molecule has 1 aliphatic carbocycles. The summed E-state index contributed by atoms with van der Waals surface area (Å²) >= 11 is 0. The van der Waals surface area contributed by atoms with Crippen LogP contribution < -0.4 is 10.2 Å². The van der Waals surface area contributed by atoms with E-state index in [0.29, 0.717) is 18.1 Å². The van der Waals surface area contributed by atoms with E-state index >= 15 is 0 Å². The lowest BCUT2D eigenvalue weighted by atomic mass is 10.2. The molecule has 98 valence electrons. The lowest BCUT2D eigenvalue weighted by molar-refractivity contribution is -0.0498. The fraction of sp³-hybridized carbons (Fsp3) is 0.417. The Balaban J connectivity index is 1.81. The Labute approximate surface area is 103 Å². The van der Waals surface area contributed by atoms with Crippen molar-refractivity contribution in [3.8, 4) is 5.75 Å². The third-order valence-electron chi connectivity index (χ3n) is 2.52. The number of nitrogens with one attached hydrogen (secondary N) is 1. The van der Waals surface area contributed by atoms with Crippen LogP contribution in [0.15, 0.2) is 24.3 Å². The average Bonchev–Trinajstić information content (AvgIpc) is 3.13. The van der Waals surface area contributed by atoms with E-state index in [1.54, 1.807) is 0 Å². The largest absolute Gasteiger partial charge is 0.435 e. The highest BCUT2D eigenvalue weighted by molar-refractivity contribution is 5.93. The second-order valence-corrected chi connectivity index (χ2v) is 4.09. The van der Waals surface area contributed by atoms with Gasteiger partial charge in [-0.05, 0) is 43.0 Å². The minimum absolute atomic E-state index is 0.0143. The third kappa shape index (κ3) is 3.96. The van der Waals surface area contributed by atoms with Gasteiger partial charge in [0.25, 0.3) is 5.91 Å². The van der Waals surface area contributed by atoms with Gasteiger partial charge in [-0.15, -0.1) is 0 Å². The van der Waals surface area contributed by atoms with Crippen molar-refractivity contribution in [2.75, 3.05) is 6.61 Å². The molecule has 1 aromatic carbocycles. The maximum absolute atomic E-state index is 11.9. The van der Waals surface area contributed by atoms with Crippen LogP contribution in [0.5, 0.6) is 5.75 Å². The normalized spacial score (nSPS) is 14.6. The molecule has 0 radical (unpaired) electrons. The molecule has 1 N–H and O–H groups in total. The van der Waals surface area contributed by atoms with E-state index in [2.05, 4.69) is 10.2 Å². The maximum atomic E-state index is 11.9. The Hall–Kier alpha value is -1.69. The van der Waals surface area contributed by atoms with Crippen molar-refractivity contribution in [1.82, 2.24) is 5.48 Å². The molecule has 0 unspecified atom stereocenters. The summed E-state index contributed by atoms with van der Waals surface area (Å²) in [4.78, 5) is 16.6. The number of carbonyl (C=O) groups excluding carboxylic acids is 1. The van der Waals surface area contributed by atoms with Crippen LogP contribution in [-0.2, 0) is 4.84 Å². The molecule has 0 spiro atoms. The van der Waals surface area contributed by atoms with Crippen molar-refractivity contribution in [2.24, 2.45) is 5.92 Å². The number of hydrogen-bond donors (Lipinski definition) is 1. The van der Waals surface area contributed by atoms with Crippen molar-refractivity contribution in [2.45, 2.75) is 19.5 Å². The van der Waals surface area contributed by atoms with Gasteiger partial charge < -0.3 is 4.74 Å². The zero-order valence-corrected chi connectivity index (χ0v) is 9.57. The summed E-state index contributed by atoms with van der Waals surface area (Å²) < 4.78 is 28.0. The fourth-order valence-corrected chi connectivity index (χ4v) is 1.36. The molecule has 1 saturated carbocycles. The van der Waals surface area contributed by atoms with E-state index in [1.165, 1.54) is 24.3 Å². The van der Waals surface area contributed by atoms with Crippen LogP contribution in [0.3, 0.4) is 0 Å². The molecule has 18 heavy (non-hydrogen) atoms. The van der Waals surface area contributed by atoms with E-state index in [1.807, 2.05) is 0 Å². The van der Waals surface area contributed by atoms with Crippen molar-refractivity contribution in [3.05, 3.63) is 29.8 Å². The molecule has 2 rings (SSSR count). The number of hydrogen-bond acceptors (Lipinski definition) is 3. The number of amides is 1. The van der Waals surface area contributed by atoms with Gasteiger partial charge in [-0.3, -0.25) is 9.63 Å². The van der Waals surface area contributed by atoms with Gasteiger partial charge in [0, 0.05) is 5.56 Å². The van der Waals surface area contributed by atoms with Crippen LogP contribution in [0, 0.1) is 5.92 Å². The Morgan fingerprint density at radius 2 is 2.00 bits per heavy atom. The zero-order chi connectivity index (χ0) is 13.0. The van der Waals surface area contributed by atoms with Gasteiger partial charge in [0.15, 0.2) is 0 Å². The van der Waals surface area contributed by atoms with Gasteiger partial charge in [0.05, 0.1) is 6.61 Å². The molecule has 0 heterocycles. The molecule has 1 aliphatic rings. The van der Waals surface area contributed by atoms with Crippen molar-refractivity contribution >= 4 is 5.91 Å². The molecule has 0 bridgehead atoms. The minimum atomic E-state index is -2.87. The first kappa shape index (κ1) is 12.8. The molecule has 0 saturated heterocycles. The van der Waals surface area contributed by atoms with Crippen LogP contribution in [0.1, 0.15) is 23.2 Å². The van der Waals surface area contributed by atoms with Crippen molar-refractivity contribution < 1.29 is 23.1 Å². The van der Waals surface area contributed by atoms with Gasteiger partial charge in [0.2, 0.25) is 0 Å². The number of benzene rings is 1. The number of halogens is 2. The topological polar surface area (TPSA) is 47.6 Å². The summed E-state index contributed by atoms with van der Waals surface area (Å²) in [5, 5.41) is 0. The second kappa shape index (κ2) is 5.77. The van der Waals surface area contributed by atoms with Crippen LogP contribution in [0.2, 0.25) is 0 Å². The first-order valence-electron chi connectivity index (χ1n) is 5.62. The summed E-state index contributed by atoms with van der Waals surface area (Å²) in [6.45, 7) is -2.36. The second-order valence-electron chi connectivity index (χ2n) is 4.09. The highest BCUT2D eigenvalue weighted by Gasteiger charge is 2.21. The molecular weight excluding hydrogens is 244 g/mol. The van der Waals surface area contributed by atoms with Gasteiger partial charge >= 0.3 is 6.61 Å². The number of hydroxylamine groups is 1. The summed E-state index contributed by atoms with van der Waals surface area (Å²) in [7, 11) is 0. The standard InChI is InChI=1S/C12H13F2NO3/c13-12(14)18-10-5-3-9(4-6-10)11(16)15-17-7-8-1-2-8/h3-6,8,12H,1-2,7H2,(H,15,16). The predicted octanol–water partition coefficient (Wildman–Crippen LogP) is 2.36. The minimum Gasteiger partial charge on any atom is -0.435 e. The molecule has 0 aliphatic heterocycles. The Bertz CT molecular complexity index is 404. The molecular formula is C12H13F2NO3. The van der Waals surface area contributed by atoms with Crippen molar-refractivity contribution in [1.29, 1.82) is 0 Å². The lowest BCUT2D eigenvalue weighted by Gasteiger charge is -2.07. The highest BCUT2D eigenvalue weighted by atomic mass is 19.3. The molecule has 0 atom stereocenters. The van der Waals surface area contributed by atoms with Crippen LogP contribution in [0.4, 0.5) is 8.78 Å². The summed E-state index contributed by atoms with van der Waals surface area (Å²) in [6.07, 6.45) is 2.27. The number of ether oxygens (including phenoxy) is 1. The lowest BCUT2D eigenvalue weighted by Crippen LogP contribution is -2.24. The summed E-state index contributed by atoms with van der Waals surface area (Å²) in [6, 6.07) is 5.41. The number of alkyl halides is 2. The first-order valence-corrected chi connectivity index (χ1v) is 5.62. The molecule has 1 aromatic rings. The first-order chi connectivity index (χ1) is 8.65. The van der Waals surface area contributed by atoms with Gasteiger partial charge in [-0.1, -0.05) is 0 Å². The average molecular weight is 257 g/mol. The number of carbonyl (C=O) groups is 1. The highest BCUT2D eigenvalue weighted by Crippen LogP contribution is 2.28. The van der Waals surface area contributed by atoms with Crippen molar-refractivity contribution in [3.63, 3.8) is 0 Å². The molecule has 0 aromatic heterocycles. The Kier molecular flexibility index (Phi) is 4.09. The SMILES string of the molecule is O=C(NOCC1CC1)c1ccc(OC(F)F)cc1. The van der Waals surface area contributed by atoms with Gasteiger partial charge in [-0.25, -0.2) is 5.48 Å². The van der Waals surface area contributed by atoms with Gasteiger partial charge in [0.1, 0.15) is 5.75 Å². The van der Waals surface area contributed by atoms with E-state index in [9.17, 15) is 13.6 Å². The van der Waals surface area contributed by atoms with E-state index < -0.39 is 12.5 Å². The Morgan fingerprint density at radius 3 is 2.56 bits per heavy atom. The van der Waals surface area contributed by atoms with Crippen LogP contribution in [-0.4, -0.2) is 19.1 Å². The van der Waals surface area contributed by atoms with Gasteiger partial charge in [-0.2, -0.15) is 8.78 Å². The van der Waals surface area contributed by atoms with Crippen LogP contribution >= 0.6 is 0 Å². The number of rotatable bonds is 6. The fourth-order valence-electron chi connectivity index (χ4n) is 1.36. The predicted molar refractivity (Wildman–Crippen MR) is 59.2 cm³/mol. The zero-order valence-electron chi connectivity index (χ0n) is 9.57. The van der Waals surface area contributed by atoms with E-state index in [0.717, 1.165) is 12.8 Å². The molecule has 1 fully saturated rings. The van der Waals surface area contributed by atoms with E-state index in [4.69, 9.17) is 4.84 Å². The smallest absolute Gasteiger partial charge is 0.387 e. The molecule has 4 nitrogen and oxygen atoms in total. The quantitative estimate of drug-likeness (QED) is 0.796. The maximum Gasteiger partial charge on any atom is 0.387 e. The Morgan fingerprint density at radius 1 is 1.33 bits per heavy atom. The monoisotopic (exact) mass is 257 g/mol. The molecule has 6 heteroatoms. The molecule has 1 amide bonds. The van der Waals surface area contributed by atoms with Crippen LogP contribution in [0.25, 0.3) is 0 Å². The van der Waals surface area contributed by atoms with E-state index in [-0.39, 0.29) is 5.75 Å².